The Labute approximate surface area is 192 Å². The SMILES string of the molecule is CC[C@H](C)[C@H](N)C(=O)NCC(=O)N[C@H]1C[C@@H](C(=O)NO)N(S(=O)(=O)c2ccc(OC)cc2)C1. The van der Waals surface area contributed by atoms with Crippen LogP contribution in [0.3, 0.4) is 0 Å². The highest BCUT2D eigenvalue weighted by Crippen LogP contribution is 2.27. The lowest BCUT2D eigenvalue weighted by Crippen LogP contribution is -2.49. The van der Waals surface area contributed by atoms with Gasteiger partial charge in [-0.15, -0.1) is 0 Å². The Hall–Kier alpha value is -2.74. The van der Waals surface area contributed by atoms with Crippen LogP contribution in [0.5, 0.6) is 5.75 Å². The molecule has 0 aromatic heterocycles. The van der Waals surface area contributed by atoms with Crippen molar-refractivity contribution >= 4 is 27.7 Å². The summed E-state index contributed by atoms with van der Waals surface area (Å²) in [5, 5.41) is 14.1. The first kappa shape index (κ1) is 26.5. The van der Waals surface area contributed by atoms with Crippen molar-refractivity contribution in [3.05, 3.63) is 24.3 Å². The molecule has 1 aromatic carbocycles. The molecule has 0 saturated carbocycles. The van der Waals surface area contributed by atoms with Crippen molar-refractivity contribution in [2.24, 2.45) is 11.7 Å². The molecule has 1 heterocycles. The summed E-state index contributed by atoms with van der Waals surface area (Å²) in [4.78, 5) is 36.4. The number of ether oxygens (including phenoxy) is 1. The molecule has 13 heteroatoms. The lowest BCUT2D eigenvalue weighted by molar-refractivity contribution is -0.132. The van der Waals surface area contributed by atoms with E-state index in [-0.39, 0.29) is 30.3 Å². The van der Waals surface area contributed by atoms with Crippen molar-refractivity contribution in [1.82, 2.24) is 20.4 Å². The van der Waals surface area contributed by atoms with Gasteiger partial charge in [0.05, 0.1) is 24.6 Å². The van der Waals surface area contributed by atoms with Crippen molar-refractivity contribution in [3.63, 3.8) is 0 Å². The number of rotatable bonds is 10. The largest absolute Gasteiger partial charge is 0.497 e. The second kappa shape index (κ2) is 11.4. The Morgan fingerprint density at radius 1 is 1.27 bits per heavy atom. The van der Waals surface area contributed by atoms with Crippen LogP contribution in [-0.2, 0) is 24.4 Å². The number of hydroxylamine groups is 1. The lowest BCUT2D eigenvalue weighted by atomic mass is 9.99. The van der Waals surface area contributed by atoms with Crippen LogP contribution in [0.4, 0.5) is 0 Å². The van der Waals surface area contributed by atoms with E-state index in [4.69, 9.17) is 15.7 Å². The summed E-state index contributed by atoms with van der Waals surface area (Å²) in [6.45, 7) is 3.18. The van der Waals surface area contributed by atoms with Crippen LogP contribution < -0.4 is 26.6 Å². The molecular weight excluding hydrogens is 454 g/mol. The first-order valence-electron chi connectivity index (χ1n) is 10.5. The van der Waals surface area contributed by atoms with Gasteiger partial charge < -0.3 is 21.1 Å². The highest BCUT2D eigenvalue weighted by molar-refractivity contribution is 7.89. The fraction of sp³-hybridized carbons (Fsp3) is 0.550. The third-order valence-corrected chi connectivity index (χ3v) is 7.57. The maximum atomic E-state index is 13.1. The quantitative estimate of drug-likeness (QED) is 0.205. The molecule has 1 saturated heterocycles. The summed E-state index contributed by atoms with van der Waals surface area (Å²) in [6, 6.07) is 2.91. The topological polar surface area (TPSA) is 180 Å². The predicted octanol–water partition coefficient (Wildman–Crippen LogP) is -1.06. The number of nitrogens with one attached hydrogen (secondary N) is 3. The van der Waals surface area contributed by atoms with Gasteiger partial charge in [-0.2, -0.15) is 4.31 Å². The van der Waals surface area contributed by atoms with Gasteiger partial charge in [-0.1, -0.05) is 20.3 Å². The second-order valence-corrected chi connectivity index (χ2v) is 9.76. The molecule has 1 fully saturated rings. The zero-order valence-electron chi connectivity index (χ0n) is 18.8. The van der Waals surface area contributed by atoms with Crippen molar-refractivity contribution < 1.29 is 32.7 Å². The van der Waals surface area contributed by atoms with Crippen LogP contribution in [0.15, 0.2) is 29.2 Å². The molecule has 0 aliphatic carbocycles. The molecule has 0 bridgehead atoms. The Balaban J connectivity index is 2.08. The molecule has 184 valence electrons. The fourth-order valence-electron chi connectivity index (χ4n) is 3.45. The normalized spacial score (nSPS) is 20.5. The van der Waals surface area contributed by atoms with Gasteiger partial charge in [0, 0.05) is 12.6 Å². The molecule has 0 radical (unpaired) electrons. The first-order chi connectivity index (χ1) is 15.5. The summed E-state index contributed by atoms with van der Waals surface area (Å²) < 4.78 is 32.2. The maximum Gasteiger partial charge on any atom is 0.261 e. The minimum atomic E-state index is -4.12. The number of nitrogens with two attached hydrogens (primary N) is 1. The summed E-state index contributed by atoms with van der Waals surface area (Å²) in [7, 11) is -2.67. The lowest BCUT2D eigenvalue weighted by Gasteiger charge is -2.22. The Morgan fingerprint density at radius 3 is 2.45 bits per heavy atom. The summed E-state index contributed by atoms with van der Waals surface area (Å²) in [5.74, 6) is -1.54. The minimum Gasteiger partial charge on any atom is -0.497 e. The Kier molecular flexibility index (Phi) is 9.16. The zero-order chi connectivity index (χ0) is 24.8. The number of nitrogens with zero attached hydrogens (tertiary/aromatic N) is 1. The predicted molar refractivity (Wildman–Crippen MR) is 118 cm³/mol. The molecule has 12 nitrogen and oxygen atoms in total. The van der Waals surface area contributed by atoms with E-state index in [2.05, 4.69) is 10.6 Å². The Morgan fingerprint density at radius 2 is 1.91 bits per heavy atom. The molecule has 0 spiro atoms. The maximum absolute atomic E-state index is 13.1. The Bertz CT molecular complexity index is 954. The van der Waals surface area contributed by atoms with E-state index < -0.39 is 45.9 Å². The van der Waals surface area contributed by atoms with Crippen LogP contribution in [-0.4, -0.2) is 74.0 Å². The molecular formula is C20H31N5O7S. The molecule has 33 heavy (non-hydrogen) atoms. The highest BCUT2D eigenvalue weighted by atomic mass is 32.2. The zero-order valence-corrected chi connectivity index (χ0v) is 19.6. The van der Waals surface area contributed by atoms with E-state index in [0.717, 1.165) is 4.31 Å². The molecule has 1 aromatic rings. The van der Waals surface area contributed by atoms with Gasteiger partial charge in [0.1, 0.15) is 11.8 Å². The number of hydrogen-bond donors (Lipinski definition) is 5. The van der Waals surface area contributed by atoms with E-state index >= 15 is 0 Å². The van der Waals surface area contributed by atoms with Gasteiger partial charge in [-0.05, 0) is 36.6 Å². The van der Waals surface area contributed by atoms with Crippen LogP contribution in [0, 0.1) is 5.92 Å². The van der Waals surface area contributed by atoms with Crippen molar-refractivity contribution in [2.75, 3.05) is 20.2 Å². The standard InChI is InChI=1S/C20H31N5O7S/c1-4-12(2)18(21)20(28)22-10-17(26)23-13-9-16(19(27)24-29)25(11-13)33(30,31)15-7-5-14(32-3)6-8-15/h5-8,12-13,16,18,29H,4,9-11,21H2,1-3H3,(H,22,28)(H,23,26)(H,24,27)/t12-,13-,16-,18-/m0/s1. The molecule has 4 atom stereocenters. The minimum absolute atomic E-state index is 0.0580. The van der Waals surface area contributed by atoms with Gasteiger partial charge >= 0.3 is 0 Å². The summed E-state index contributed by atoms with van der Waals surface area (Å²) in [5.41, 5.74) is 7.31. The van der Waals surface area contributed by atoms with Crippen LogP contribution in [0.25, 0.3) is 0 Å². The molecule has 3 amide bonds. The molecule has 1 aliphatic heterocycles. The van der Waals surface area contributed by atoms with E-state index in [0.29, 0.717) is 12.2 Å². The molecule has 2 rings (SSSR count). The van der Waals surface area contributed by atoms with E-state index in [1.807, 2.05) is 13.8 Å². The van der Waals surface area contributed by atoms with Crippen molar-refractivity contribution in [1.29, 1.82) is 0 Å². The molecule has 0 unspecified atom stereocenters. The fourth-order valence-corrected chi connectivity index (χ4v) is 5.09. The van der Waals surface area contributed by atoms with Gasteiger partial charge in [-0.25, -0.2) is 13.9 Å². The van der Waals surface area contributed by atoms with E-state index in [9.17, 15) is 22.8 Å². The van der Waals surface area contributed by atoms with Gasteiger partial charge in [-0.3, -0.25) is 19.6 Å². The number of carbonyl (C=O) groups excluding carboxylic acids is 3. The summed E-state index contributed by atoms with van der Waals surface area (Å²) >= 11 is 0. The third kappa shape index (κ3) is 6.41. The first-order valence-corrected chi connectivity index (χ1v) is 11.9. The van der Waals surface area contributed by atoms with Crippen LogP contribution in [0.2, 0.25) is 0 Å². The summed E-state index contributed by atoms with van der Waals surface area (Å²) in [6.07, 6.45) is 0.642. The monoisotopic (exact) mass is 485 g/mol. The second-order valence-electron chi connectivity index (χ2n) is 7.87. The number of sulfonamides is 1. The smallest absolute Gasteiger partial charge is 0.261 e. The van der Waals surface area contributed by atoms with E-state index in [1.54, 1.807) is 0 Å². The highest BCUT2D eigenvalue weighted by Gasteiger charge is 2.44. The average molecular weight is 486 g/mol. The van der Waals surface area contributed by atoms with Crippen molar-refractivity contribution in [3.8, 4) is 5.75 Å². The average Bonchev–Trinajstić information content (AvgIpc) is 3.25. The van der Waals surface area contributed by atoms with Crippen LogP contribution in [0.1, 0.15) is 26.7 Å². The number of benzene rings is 1. The van der Waals surface area contributed by atoms with Crippen molar-refractivity contribution in [2.45, 2.75) is 49.7 Å². The third-order valence-electron chi connectivity index (χ3n) is 5.68. The van der Waals surface area contributed by atoms with Crippen LogP contribution >= 0.6 is 0 Å². The van der Waals surface area contributed by atoms with Gasteiger partial charge in [0.15, 0.2) is 0 Å². The number of amides is 3. The number of methoxy groups -OCH3 is 1. The number of hydrogen-bond acceptors (Lipinski definition) is 8. The molecule has 6 N–H and O–H groups in total. The van der Waals surface area contributed by atoms with E-state index in [1.165, 1.54) is 36.9 Å². The molecule has 1 aliphatic rings. The van der Waals surface area contributed by atoms with Gasteiger partial charge in [0.25, 0.3) is 5.91 Å². The number of carbonyl (C=O) groups is 3. The van der Waals surface area contributed by atoms with Gasteiger partial charge in [0.2, 0.25) is 21.8 Å².